The van der Waals surface area contributed by atoms with Gasteiger partial charge in [0.15, 0.2) is 0 Å². The van der Waals surface area contributed by atoms with Crippen LogP contribution in [0.15, 0.2) is 77.7 Å². The molecule has 2 rings (SSSR count). The average Bonchev–Trinajstić information content (AvgIpc) is 2.69. The monoisotopic (exact) mass is 450 g/mol. The molecule has 3 heteroatoms. The normalized spacial score (nSPS) is 12.9. The summed E-state index contributed by atoms with van der Waals surface area (Å²) in [6.45, 7) is 21.8. The zero-order valence-electron chi connectivity index (χ0n) is 21.2. The van der Waals surface area contributed by atoms with E-state index in [9.17, 15) is 0 Å². The van der Waals surface area contributed by atoms with Crippen LogP contribution in [0.5, 0.6) is 0 Å². The van der Waals surface area contributed by atoms with Gasteiger partial charge in [-0.1, -0.05) is 121 Å². The molecule has 0 atom stereocenters. The Bertz CT molecular complexity index is 854. The van der Waals surface area contributed by atoms with Crippen LogP contribution in [-0.4, -0.2) is 23.0 Å². The minimum Gasteiger partial charge on any atom is -0.407 e. The van der Waals surface area contributed by atoms with Crippen molar-refractivity contribution in [2.45, 2.75) is 78.1 Å². The first-order valence-electron chi connectivity index (χ1n) is 11.5. The van der Waals surface area contributed by atoms with E-state index < -0.39 is 16.4 Å². The van der Waals surface area contributed by atoms with Crippen molar-refractivity contribution >= 4 is 26.8 Å². The maximum absolute atomic E-state index is 7.01. The van der Waals surface area contributed by atoms with E-state index >= 15 is 0 Å². The molecule has 0 amide bonds. The van der Waals surface area contributed by atoms with Gasteiger partial charge in [0.2, 0.25) is 0 Å². The Labute approximate surface area is 193 Å². The largest absolute Gasteiger partial charge is 0.407 e. The van der Waals surface area contributed by atoms with Crippen LogP contribution in [0.1, 0.15) is 54.9 Å². The van der Waals surface area contributed by atoms with Crippen molar-refractivity contribution in [2.24, 2.45) is 0 Å². The van der Waals surface area contributed by atoms with E-state index in [-0.39, 0.29) is 5.04 Å². The average molecular weight is 451 g/mol. The van der Waals surface area contributed by atoms with Gasteiger partial charge in [-0.15, -0.1) is 5.73 Å². The van der Waals surface area contributed by atoms with E-state index in [1.165, 1.54) is 15.9 Å². The summed E-state index contributed by atoms with van der Waals surface area (Å²) in [5, 5.41) is 3.04. The highest BCUT2D eigenvalue weighted by Crippen LogP contribution is 2.37. The third-order valence-corrected chi connectivity index (χ3v) is 16.6. The molecule has 1 nitrogen and oxygen atoms in total. The van der Waals surface area contributed by atoms with E-state index in [1.807, 2.05) is 0 Å². The fraction of sp³-hybridized carbons (Fsp3) is 0.464. The van der Waals surface area contributed by atoms with Crippen LogP contribution in [0.2, 0.25) is 23.2 Å². The second-order valence-corrected chi connectivity index (χ2v) is 20.8. The van der Waals surface area contributed by atoms with Crippen molar-refractivity contribution in [1.29, 1.82) is 0 Å². The Morgan fingerprint density at radius 1 is 0.806 bits per heavy atom. The van der Waals surface area contributed by atoms with Crippen molar-refractivity contribution in [2.75, 3.05) is 6.61 Å². The molecule has 2 aromatic rings. The molecule has 0 radical (unpaired) electrons. The zero-order chi connectivity index (χ0) is 23.3. The van der Waals surface area contributed by atoms with Crippen molar-refractivity contribution in [3.63, 3.8) is 0 Å². The minimum absolute atomic E-state index is 0.0182. The van der Waals surface area contributed by atoms with E-state index in [0.717, 1.165) is 13.0 Å². The van der Waals surface area contributed by atoms with Crippen molar-refractivity contribution in [3.05, 3.63) is 77.7 Å². The van der Waals surface area contributed by atoms with Crippen molar-refractivity contribution in [1.82, 2.24) is 0 Å². The number of benzene rings is 2. The van der Waals surface area contributed by atoms with Gasteiger partial charge in [0.05, 0.1) is 8.07 Å². The molecule has 0 N–H and O–H groups in total. The zero-order valence-corrected chi connectivity index (χ0v) is 23.2. The lowest BCUT2D eigenvalue weighted by Crippen LogP contribution is -2.66. The summed E-state index contributed by atoms with van der Waals surface area (Å²) >= 11 is 0. The van der Waals surface area contributed by atoms with Gasteiger partial charge >= 0.3 is 0 Å². The summed E-state index contributed by atoms with van der Waals surface area (Å²) in [6, 6.07) is 21.8. The van der Waals surface area contributed by atoms with E-state index in [0.29, 0.717) is 5.04 Å². The Kier molecular flexibility index (Phi) is 8.16. The maximum atomic E-state index is 7.01. The molecule has 0 spiro atoms. The van der Waals surface area contributed by atoms with Gasteiger partial charge in [0, 0.05) is 6.61 Å². The van der Waals surface area contributed by atoms with Crippen LogP contribution < -0.4 is 10.4 Å². The summed E-state index contributed by atoms with van der Waals surface area (Å²) in [6.07, 6.45) is 0.912. The lowest BCUT2D eigenvalue weighted by atomic mass is 10.2. The first-order chi connectivity index (χ1) is 14.3. The van der Waals surface area contributed by atoms with Gasteiger partial charge in [-0.05, 0) is 39.4 Å². The maximum Gasteiger partial charge on any atom is 0.261 e. The molecule has 0 bridgehead atoms. The molecule has 168 valence electrons. The van der Waals surface area contributed by atoms with Gasteiger partial charge in [-0.2, -0.15) is 0 Å². The highest BCUT2D eigenvalue weighted by atomic mass is 28.4. The second kappa shape index (κ2) is 9.87. The molecule has 0 aliphatic heterocycles. The van der Waals surface area contributed by atoms with Crippen LogP contribution in [0, 0.1) is 0 Å². The third kappa shape index (κ3) is 5.99. The fourth-order valence-electron chi connectivity index (χ4n) is 3.71. The molecule has 0 aliphatic rings. The molecule has 0 unspecified atom stereocenters. The molecular formula is C28H42OSi2. The molecular weight excluding hydrogens is 408 g/mol. The minimum atomic E-state index is -2.45. The quantitative estimate of drug-likeness (QED) is 0.323. The van der Waals surface area contributed by atoms with Crippen LogP contribution in [0.25, 0.3) is 0 Å². The topological polar surface area (TPSA) is 9.23 Å². The number of hydrogen-bond acceptors (Lipinski definition) is 1. The lowest BCUT2D eigenvalue weighted by Gasteiger charge is -2.43. The Hall–Kier alpha value is -1.65. The smallest absolute Gasteiger partial charge is 0.261 e. The SMILES string of the molecule is CC(=C=C[Si](C)(C)C(C)(C)C)CCO[Si](c1ccccc1)(c1ccccc1)C(C)(C)C. The predicted molar refractivity (Wildman–Crippen MR) is 143 cm³/mol. The van der Waals surface area contributed by atoms with Crippen LogP contribution in [0.3, 0.4) is 0 Å². The van der Waals surface area contributed by atoms with E-state index in [4.69, 9.17) is 4.43 Å². The third-order valence-electron chi connectivity index (χ3n) is 6.82. The summed E-state index contributed by atoms with van der Waals surface area (Å²) in [5.74, 6) is 0. The molecule has 0 saturated carbocycles. The van der Waals surface area contributed by atoms with Gasteiger partial charge in [-0.25, -0.2) is 0 Å². The van der Waals surface area contributed by atoms with E-state index in [1.54, 1.807) is 0 Å². The molecule has 0 saturated heterocycles. The number of hydrogen-bond donors (Lipinski definition) is 0. The van der Waals surface area contributed by atoms with Gasteiger partial charge in [0.25, 0.3) is 8.32 Å². The molecule has 0 aromatic heterocycles. The van der Waals surface area contributed by atoms with Gasteiger partial charge in [0.1, 0.15) is 0 Å². The highest BCUT2D eigenvalue weighted by Gasteiger charge is 2.49. The van der Waals surface area contributed by atoms with Crippen LogP contribution in [-0.2, 0) is 4.43 Å². The van der Waals surface area contributed by atoms with Crippen molar-refractivity contribution in [3.8, 4) is 0 Å². The van der Waals surface area contributed by atoms with Gasteiger partial charge in [-0.3, -0.25) is 0 Å². The first kappa shape index (κ1) is 25.6. The Balaban J connectivity index is 2.37. The summed E-state index contributed by atoms with van der Waals surface area (Å²) in [7, 11) is -3.92. The van der Waals surface area contributed by atoms with Crippen LogP contribution >= 0.6 is 0 Å². The highest BCUT2D eigenvalue weighted by molar-refractivity contribution is 6.99. The standard InChI is InChI=1S/C28H42OSi2/c1-24(21-23-30(8,9)27(2,3)4)20-22-29-31(28(5,6)7,25-16-12-10-13-17-25)26-18-14-11-15-19-26/h10-19,23H,20,22H2,1-9H3. The van der Waals surface area contributed by atoms with Crippen molar-refractivity contribution < 1.29 is 4.43 Å². The van der Waals surface area contributed by atoms with Gasteiger partial charge < -0.3 is 4.43 Å². The van der Waals surface area contributed by atoms with E-state index in [2.05, 4.69) is 134 Å². The molecule has 2 aromatic carbocycles. The molecule has 0 aliphatic carbocycles. The Morgan fingerprint density at radius 2 is 1.26 bits per heavy atom. The van der Waals surface area contributed by atoms with Crippen LogP contribution in [0.4, 0.5) is 0 Å². The molecule has 0 heterocycles. The first-order valence-corrected chi connectivity index (χ1v) is 16.5. The summed E-state index contributed by atoms with van der Waals surface area (Å²) < 4.78 is 7.01. The lowest BCUT2D eigenvalue weighted by molar-refractivity contribution is 0.301. The molecule has 31 heavy (non-hydrogen) atoms. The fourth-order valence-corrected chi connectivity index (χ4v) is 9.32. The summed E-state index contributed by atoms with van der Waals surface area (Å²) in [4.78, 5) is 0. The second-order valence-electron chi connectivity index (χ2n) is 11.3. The predicted octanol–water partition coefficient (Wildman–Crippen LogP) is 7.10. The number of rotatable bonds is 7. The summed E-state index contributed by atoms with van der Waals surface area (Å²) in [5.41, 5.74) is 7.28. The Morgan fingerprint density at radius 3 is 1.65 bits per heavy atom. The molecule has 0 fully saturated rings.